The van der Waals surface area contributed by atoms with Crippen molar-refractivity contribution in [2.45, 2.75) is 54.4 Å². The van der Waals surface area contributed by atoms with Crippen molar-refractivity contribution in [1.29, 1.82) is 0 Å². The maximum atomic E-state index is 3.66. The summed E-state index contributed by atoms with van der Waals surface area (Å²) in [5.74, 6) is 3.85. The molecular formula is C18H30. The second kappa shape index (κ2) is 5.96. The molecule has 0 amide bonds. The third-order valence-corrected chi connectivity index (χ3v) is 4.81. The topological polar surface area (TPSA) is 0 Å². The summed E-state index contributed by atoms with van der Waals surface area (Å²) in [4.78, 5) is 0. The number of hydrogen-bond donors (Lipinski definition) is 0. The lowest BCUT2D eigenvalue weighted by atomic mass is 9.46. The SMILES string of the molecule is C=C=C=CC1(C(C)CC(C)C)CC(C)C1C(C)C. The summed E-state index contributed by atoms with van der Waals surface area (Å²) >= 11 is 0. The molecule has 1 fully saturated rings. The highest BCUT2D eigenvalue weighted by atomic mass is 14.6. The van der Waals surface area contributed by atoms with Crippen molar-refractivity contribution < 1.29 is 0 Å². The van der Waals surface area contributed by atoms with E-state index in [-0.39, 0.29) is 0 Å². The fraction of sp³-hybridized carbons (Fsp3) is 0.778. The maximum Gasteiger partial charge on any atom is 0.00255 e. The van der Waals surface area contributed by atoms with Gasteiger partial charge in [0.1, 0.15) is 0 Å². The Kier molecular flexibility index (Phi) is 5.09. The molecule has 0 aromatic carbocycles. The minimum Gasteiger partial charge on any atom is -0.0785 e. The van der Waals surface area contributed by atoms with Crippen molar-refractivity contribution in [1.82, 2.24) is 0 Å². The van der Waals surface area contributed by atoms with E-state index in [1.54, 1.807) is 0 Å². The molecule has 4 unspecified atom stereocenters. The zero-order valence-corrected chi connectivity index (χ0v) is 13.1. The Morgan fingerprint density at radius 3 is 2.28 bits per heavy atom. The normalized spacial score (nSPS) is 32.7. The summed E-state index contributed by atoms with van der Waals surface area (Å²) < 4.78 is 0. The van der Waals surface area contributed by atoms with Gasteiger partial charge in [-0.1, -0.05) is 53.0 Å². The van der Waals surface area contributed by atoms with Crippen LogP contribution in [0.4, 0.5) is 0 Å². The zero-order valence-electron chi connectivity index (χ0n) is 13.1. The van der Waals surface area contributed by atoms with Gasteiger partial charge in [0.05, 0.1) is 0 Å². The fourth-order valence-corrected chi connectivity index (χ4v) is 4.41. The van der Waals surface area contributed by atoms with Crippen molar-refractivity contribution in [3.05, 3.63) is 24.1 Å². The highest BCUT2D eigenvalue weighted by molar-refractivity contribution is 5.13. The summed E-state index contributed by atoms with van der Waals surface area (Å²) in [5, 5.41) is 0. The van der Waals surface area contributed by atoms with Gasteiger partial charge in [-0.05, 0) is 55.1 Å². The molecule has 0 spiro atoms. The van der Waals surface area contributed by atoms with Crippen LogP contribution in [-0.2, 0) is 0 Å². The van der Waals surface area contributed by atoms with Crippen LogP contribution in [0.2, 0.25) is 0 Å². The number of hydrogen-bond acceptors (Lipinski definition) is 0. The molecule has 1 aliphatic carbocycles. The smallest absolute Gasteiger partial charge is 0.00255 e. The predicted octanol–water partition coefficient (Wildman–Crippen LogP) is 5.46. The van der Waals surface area contributed by atoms with Gasteiger partial charge in [-0.3, -0.25) is 0 Å². The van der Waals surface area contributed by atoms with Crippen molar-refractivity contribution in [3.63, 3.8) is 0 Å². The van der Waals surface area contributed by atoms with Crippen molar-refractivity contribution in [3.8, 4) is 0 Å². The lowest BCUT2D eigenvalue weighted by Crippen LogP contribution is -2.52. The van der Waals surface area contributed by atoms with Crippen LogP contribution in [0.3, 0.4) is 0 Å². The van der Waals surface area contributed by atoms with Crippen LogP contribution in [0.25, 0.3) is 0 Å². The Hall–Kier alpha value is -0.700. The van der Waals surface area contributed by atoms with Crippen molar-refractivity contribution in [2.24, 2.45) is 35.0 Å². The third kappa shape index (κ3) is 2.82. The molecule has 0 radical (unpaired) electrons. The number of rotatable bonds is 5. The molecule has 0 heterocycles. The first-order valence-corrected chi connectivity index (χ1v) is 7.47. The highest BCUT2D eigenvalue weighted by Gasteiger charge is 2.53. The first kappa shape index (κ1) is 15.4. The standard InChI is InChI=1S/C18H30/c1-8-9-10-18(16(7)11-13(2)3)12-15(6)17(18)14(4)5/h10,13-17H,1,11-12H2,2-7H3. The van der Waals surface area contributed by atoms with Crippen LogP contribution in [-0.4, -0.2) is 0 Å². The van der Waals surface area contributed by atoms with Gasteiger partial charge < -0.3 is 0 Å². The largest absolute Gasteiger partial charge is 0.0785 e. The van der Waals surface area contributed by atoms with Crippen LogP contribution < -0.4 is 0 Å². The lowest BCUT2D eigenvalue weighted by Gasteiger charge is -2.58. The molecule has 102 valence electrons. The molecule has 0 heteroatoms. The molecule has 0 saturated heterocycles. The molecule has 1 rings (SSSR count). The molecular weight excluding hydrogens is 216 g/mol. The molecule has 0 N–H and O–H groups in total. The molecule has 0 aliphatic heterocycles. The predicted molar refractivity (Wildman–Crippen MR) is 80.4 cm³/mol. The lowest BCUT2D eigenvalue weighted by molar-refractivity contribution is -0.0687. The van der Waals surface area contributed by atoms with Crippen molar-refractivity contribution >= 4 is 0 Å². The number of allylic oxidation sites excluding steroid dienone is 1. The van der Waals surface area contributed by atoms with E-state index in [1.807, 2.05) is 0 Å². The molecule has 18 heavy (non-hydrogen) atoms. The summed E-state index contributed by atoms with van der Waals surface area (Å²) in [6.45, 7) is 17.9. The molecule has 0 bridgehead atoms. The van der Waals surface area contributed by atoms with Crippen LogP contribution >= 0.6 is 0 Å². The van der Waals surface area contributed by atoms with Gasteiger partial charge in [-0.25, -0.2) is 0 Å². The van der Waals surface area contributed by atoms with E-state index in [4.69, 9.17) is 0 Å². The summed E-state index contributed by atoms with van der Waals surface area (Å²) in [7, 11) is 0. The molecule has 0 aromatic heterocycles. The van der Waals surface area contributed by atoms with Crippen LogP contribution in [0.1, 0.15) is 54.4 Å². The zero-order chi connectivity index (χ0) is 13.9. The van der Waals surface area contributed by atoms with Crippen LogP contribution in [0.5, 0.6) is 0 Å². The van der Waals surface area contributed by atoms with E-state index in [0.717, 1.165) is 29.6 Å². The van der Waals surface area contributed by atoms with Gasteiger partial charge >= 0.3 is 0 Å². The Bertz CT molecular complexity index is 345. The second-order valence-corrected chi connectivity index (χ2v) is 7.06. The minimum atomic E-state index is 0.336. The quantitative estimate of drug-likeness (QED) is 0.565. The van der Waals surface area contributed by atoms with Gasteiger partial charge in [0.15, 0.2) is 0 Å². The molecule has 1 aliphatic rings. The average Bonchev–Trinajstić information content (AvgIpc) is 2.21. The fourth-order valence-electron chi connectivity index (χ4n) is 4.41. The minimum absolute atomic E-state index is 0.336. The summed E-state index contributed by atoms with van der Waals surface area (Å²) in [6.07, 6.45) is 4.89. The average molecular weight is 246 g/mol. The Morgan fingerprint density at radius 2 is 1.89 bits per heavy atom. The van der Waals surface area contributed by atoms with Gasteiger partial charge in [-0.2, -0.15) is 0 Å². The van der Waals surface area contributed by atoms with E-state index in [2.05, 4.69) is 65.7 Å². The van der Waals surface area contributed by atoms with Crippen LogP contribution in [0.15, 0.2) is 24.1 Å². The maximum absolute atomic E-state index is 3.66. The van der Waals surface area contributed by atoms with Gasteiger partial charge in [-0.15, -0.1) is 0 Å². The van der Waals surface area contributed by atoms with Gasteiger partial charge in [0.25, 0.3) is 0 Å². The molecule has 1 saturated carbocycles. The van der Waals surface area contributed by atoms with Gasteiger partial charge in [0, 0.05) is 5.41 Å². The summed E-state index contributed by atoms with van der Waals surface area (Å²) in [6, 6.07) is 0. The van der Waals surface area contributed by atoms with E-state index >= 15 is 0 Å². The summed E-state index contributed by atoms with van der Waals surface area (Å²) in [5.41, 5.74) is 6.32. The van der Waals surface area contributed by atoms with E-state index in [0.29, 0.717) is 5.41 Å². The van der Waals surface area contributed by atoms with Gasteiger partial charge in [0.2, 0.25) is 0 Å². The Balaban J connectivity index is 3.04. The Morgan fingerprint density at radius 1 is 1.28 bits per heavy atom. The Labute approximate surface area is 114 Å². The first-order chi connectivity index (χ1) is 8.35. The molecule has 4 atom stereocenters. The van der Waals surface area contributed by atoms with Crippen molar-refractivity contribution in [2.75, 3.05) is 0 Å². The molecule has 0 nitrogen and oxygen atoms in total. The van der Waals surface area contributed by atoms with E-state index < -0.39 is 0 Å². The third-order valence-electron chi connectivity index (χ3n) is 4.81. The monoisotopic (exact) mass is 246 g/mol. The first-order valence-electron chi connectivity index (χ1n) is 7.47. The van der Waals surface area contributed by atoms with E-state index in [1.165, 1.54) is 12.8 Å². The van der Waals surface area contributed by atoms with Crippen LogP contribution in [0, 0.1) is 35.0 Å². The van der Waals surface area contributed by atoms with E-state index in [9.17, 15) is 0 Å². The molecule has 0 aromatic rings. The second-order valence-electron chi connectivity index (χ2n) is 7.06. The highest BCUT2D eigenvalue weighted by Crippen LogP contribution is 2.60.